The number of hydrogen-bond acceptors (Lipinski definition) is 3. The maximum atomic E-state index is 5.66. The smallest absolute Gasteiger partial charge is 0.0726 e. The van der Waals surface area contributed by atoms with Gasteiger partial charge in [-0.05, 0) is 38.3 Å². The van der Waals surface area contributed by atoms with Crippen molar-refractivity contribution in [2.75, 3.05) is 18.5 Å². The van der Waals surface area contributed by atoms with E-state index in [-0.39, 0.29) is 5.54 Å². The van der Waals surface area contributed by atoms with Gasteiger partial charge in [-0.15, -0.1) is 0 Å². The second kappa shape index (κ2) is 4.56. The molecule has 1 aromatic carbocycles. The zero-order valence-corrected chi connectivity index (χ0v) is 11.2. The molecule has 1 aromatic rings. The van der Waals surface area contributed by atoms with Crippen LogP contribution < -0.4 is 10.6 Å². The number of fused-ring (bicyclic) bond motifs is 1. The zero-order valence-electron chi connectivity index (χ0n) is 11.2. The molecule has 0 aliphatic carbocycles. The molecule has 1 fully saturated rings. The number of hydrogen-bond donors (Lipinski definition) is 2. The first kappa shape index (κ1) is 12.0. The van der Waals surface area contributed by atoms with Gasteiger partial charge in [0.05, 0.1) is 6.10 Å². The minimum absolute atomic E-state index is 0.135. The average Bonchev–Trinajstić information content (AvgIpc) is 2.92. The van der Waals surface area contributed by atoms with Gasteiger partial charge in [-0.1, -0.05) is 18.2 Å². The monoisotopic (exact) mass is 246 g/mol. The Balaban J connectivity index is 1.57. The maximum absolute atomic E-state index is 5.66. The Morgan fingerprint density at radius 1 is 1.44 bits per heavy atom. The summed E-state index contributed by atoms with van der Waals surface area (Å²) in [6.45, 7) is 6.31. The molecule has 0 aromatic heterocycles. The fourth-order valence-corrected chi connectivity index (χ4v) is 2.92. The predicted molar refractivity (Wildman–Crippen MR) is 74.0 cm³/mol. The normalized spacial score (nSPS) is 34.3. The van der Waals surface area contributed by atoms with Gasteiger partial charge in [-0.2, -0.15) is 0 Å². The topological polar surface area (TPSA) is 33.3 Å². The highest BCUT2D eigenvalue weighted by molar-refractivity contribution is 5.56. The number of anilines is 1. The summed E-state index contributed by atoms with van der Waals surface area (Å²) in [7, 11) is 0. The fraction of sp³-hybridized carbons (Fsp3) is 0.600. The molecule has 3 atom stereocenters. The molecule has 3 nitrogen and oxygen atoms in total. The summed E-state index contributed by atoms with van der Waals surface area (Å²) in [5, 5.41) is 7.28. The van der Waals surface area contributed by atoms with Crippen LogP contribution in [0.2, 0.25) is 0 Å². The van der Waals surface area contributed by atoms with Gasteiger partial charge < -0.3 is 15.4 Å². The first-order valence-electron chi connectivity index (χ1n) is 6.88. The van der Waals surface area contributed by atoms with Gasteiger partial charge in [0.1, 0.15) is 0 Å². The van der Waals surface area contributed by atoms with Crippen LogP contribution in [0, 0.1) is 0 Å². The summed E-state index contributed by atoms with van der Waals surface area (Å²) in [6, 6.07) is 9.09. The van der Waals surface area contributed by atoms with E-state index in [0.717, 1.165) is 26.0 Å². The van der Waals surface area contributed by atoms with Crippen LogP contribution in [0.3, 0.4) is 0 Å². The number of rotatable bonds is 3. The van der Waals surface area contributed by atoms with Crippen molar-refractivity contribution in [3.8, 4) is 0 Å². The lowest BCUT2D eigenvalue weighted by Gasteiger charge is -2.30. The van der Waals surface area contributed by atoms with E-state index in [9.17, 15) is 0 Å². The molecule has 0 amide bonds. The van der Waals surface area contributed by atoms with Gasteiger partial charge in [0.2, 0.25) is 0 Å². The maximum Gasteiger partial charge on any atom is 0.0726 e. The van der Waals surface area contributed by atoms with E-state index in [0.29, 0.717) is 12.1 Å². The van der Waals surface area contributed by atoms with Gasteiger partial charge in [-0.25, -0.2) is 0 Å². The molecule has 3 heteroatoms. The molecule has 0 saturated carbocycles. The van der Waals surface area contributed by atoms with E-state index in [1.54, 1.807) is 0 Å². The third-order valence-corrected chi connectivity index (χ3v) is 4.48. The quantitative estimate of drug-likeness (QED) is 0.857. The Labute approximate surface area is 109 Å². The summed E-state index contributed by atoms with van der Waals surface area (Å²) < 4.78 is 5.66. The van der Waals surface area contributed by atoms with Crippen molar-refractivity contribution < 1.29 is 4.74 Å². The van der Waals surface area contributed by atoms with E-state index < -0.39 is 0 Å². The third-order valence-electron chi connectivity index (χ3n) is 4.48. The van der Waals surface area contributed by atoms with Crippen LogP contribution in [-0.4, -0.2) is 30.8 Å². The summed E-state index contributed by atoms with van der Waals surface area (Å²) in [5.74, 6) is 0. The lowest BCUT2D eigenvalue weighted by atomic mass is 9.94. The minimum atomic E-state index is 0.135. The van der Waals surface area contributed by atoms with Crippen LogP contribution in [0.5, 0.6) is 0 Å². The molecule has 2 aliphatic heterocycles. The number of benzene rings is 1. The highest BCUT2D eigenvalue weighted by Gasteiger charge is 2.37. The Morgan fingerprint density at radius 3 is 3.00 bits per heavy atom. The number of nitrogens with one attached hydrogen (secondary N) is 2. The molecular weight excluding hydrogens is 224 g/mol. The van der Waals surface area contributed by atoms with E-state index in [1.807, 2.05) is 0 Å². The van der Waals surface area contributed by atoms with Crippen LogP contribution in [0.15, 0.2) is 24.3 Å². The SMILES string of the molecule is CC1OCCC1(C)NC[C@@H]1Cc2ccccc2N1. The van der Waals surface area contributed by atoms with Crippen molar-refractivity contribution in [1.29, 1.82) is 0 Å². The van der Waals surface area contributed by atoms with Crippen molar-refractivity contribution in [1.82, 2.24) is 5.32 Å². The third kappa shape index (κ3) is 2.13. The highest BCUT2D eigenvalue weighted by atomic mass is 16.5. The molecule has 18 heavy (non-hydrogen) atoms. The van der Waals surface area contributed by atoms with E-state index in [2.05, 4.69) is 48.7 Å². The van der Waals surface area contributed by atoms with E-state index >= 15 is 0 Å². The molecule has 3 rings (SSSR count). The molecule has 98 valence electrons. The minimum Gasteiger partial charge on any atom is -0.380 e. The highest BCUT2D eigenvalue weighted by Crippen LogP contribution is 2.27. The van der Waals surface area contributed by atoms with Crippen LogP contribution in [-0.2, 0) is 11.2 Å². The van der Waals surface area contributed by atoms with Gasteiger partial charge in [0.15, 0.2) is 0 Å². The molecule has 0 radical (unpaired) electrons. The standard InChI is InChI=1S/C15H22N2O/c1-11-15(2,7-8-18-11)16-10-13-9-12-5-3-4-6-14(12)17-13/h3-6,11,13,16-17H,7-10H2,1-2H3/t11?,13-,15?/m0/s1. The number of ether oxygens (including phenoxy) is 1. The van der Waals surface area contributed by atoms with E-state index in [1.165, 1.54) is 11.3 Å². The summed E-state index contributed by atoms with van der Waals surface area (Å²) in [4.78, 5) is 0. The molecule has 0 spiro atoms. The van der Waals surface area contributed by atoms with E-state index in [4.69, 9.17) is 4.74 Å². The number of para-hydroxylation sites is 1. The molecule has 1 saturated heterocycles. The van der Waals surface area contributed by atoms with Crippen LogP contribution >= 0.6 is 0 Å². The Morgan fingerprint density at radius 2 is 2.28 bits per heavy atom. The first-order valence-corrected chi connectivity index (χ1v) is 6.88. The molecule has 2 heterocycles. The fourth-order valence-electron chi connectivity index (χ4n) is 2.92. The Hall–Kier alpha value is -1.06. The zero-order chi connectivity index (χ0) is 12.6. The Bertz CT molecular complexity index is 409. The lowest BCUT2D eigenvalue weighted by molar-refractivity contribution is 0.0885. The van der Waals surface area contributed by atoms with Crippen molar-refractivity contribution >= 4 is 5.69 Å². The molecule has 2 N–H and O–H groups in total. The van der Waals surface area contributed by atoms with Crippen molar-refractivity contribution in [3.63, 3.8) is 0 Å². The average molecular weight is 246 g/mol. The van der Waals surface area contributed by atoms with Gasteiger partial charge in [-0.3, -0.25) is 0 Å². The molecule has 2 aliphatic rings. The molecule has 0 bridgehead atoms. The lowest BCUT2D eigenvalue weighted by Crippen LogP contribution is -2.51. The van der Waals surface area contributed by atoms with Gasteiger partial charge >= 0.3 is 0 Å². The van der Waals surface area contributed by atoms with Gasteiger partial charge in [0, 0.05) is 30.4 Å². The summed E-state index contributed by atoms with van der Waals surface area (Å²) >= 11 is 0. The van der Waals surface area contributed by atoms with Crippen molar-refractivity contribution in [3.05, 3.63) is 29.8 Å². The predicted octanol–water partition coefficient (Wildman–Crippen LogP) is 2.18. The summed E-state index contributed by atoms with van der Waals surface area (Å²) in [5.41, 5.74) is 2.87. The van der Waals surface area contributed by atoms with Crippen molar-refractivity contribution in [2.45, 2.75) is 44.4 Å². The van der Waals surface area contributed by atoms with Crippen LogP contribution in [0.25, 0.3) is 0 Å². The first-order chi connectivity index (χ1) is 8.67. The Kier molecular flexibility index (Phi) is 3.04. The van der Waals surface area contributed by atoms with Gasteiger partial charge in [0.25, 0.3) is 0 Å². The van der Waals surface area contributed by atoms with Crippen molar-refractivity contribution in [2.24, 2.45) is 0 Å². The molecular formula is C15H22N2O. The van der Waals surface area contributed by atoms with Crippen LogP contribution in [0.1, 0.15) is 25.8 Å². The summed E-state index contributed by atoms with van der Waals surface area (Å²) in [6.07, 6.45) is 2.53. The molecule has 2 unspecified atom stereocenters. The second-order valence-electron chi connectivity index (χ2n) is 5.76. The second-order valence-corrected chi connectivity index (χ2v) is 5.76. The van der Waals surface area contributed by atoms with Crippen LogP contribution in [0.4, 0.5) is 5.69 Å². The largest absolute Gasteiger partial charge is 0.380 e.